The average molecular weight is 249 g/mol. The van der Waals surface area contributed by atoms with Crippen LogP contribution in [0.1, 0.15) is 5.56 Å². The predicted octanol–water partition coefficient (Wildman–Crippen LogP) is 3.52. The van der Waals surface area contributed by atoms with Crippen molar-refractivity contribution in [1.82, 2.24) is 0 Å². The van der Waals surface area contributed by atoms with Gasteiger partial charge in [-0.1, -0.05) is 41.9 Å². The van der Waals surface area contributed by atoms with Crippen LogP contribution in [0.15, 0.2) is 53.5 Å². The van der Waals surface area contributed by atoms with E-state index in [0.717, 1.165) is 5.56 Å². The minimum atomic E-state index is -0.394. The molecule has 2 aromatic carbocycles. The maximum absolute atomic E-state index is 13.0. The molecule has 0 bridgehead atoms. The zero-order valence-corrected chi connectivity index (χ0v) is 9.66. The van der Waals surface area contributed by atoms with Gasteiger partial charge >= 0.3 is 0 Å². The minimum Gasteiger partial charge on any atom is -0.383 e. The molecule has 2 aromatic rings. The lowest BCUT2D eigenvalue weighted by Gasteiger charge is -2.02. The second-order valence-electron chi connectivity index (χ2n) is 3.46. The molecule has 2 N–H and O–H groups in total. The van der Waals surface area contributed by atoms with Crippen molar-refractivity contribution >= 4 is 23.1 Å². The van der Waals surface area contributed by atoms with Gasteiger partial charge in [0.25, 0.3) is 0 Å². The zero-order chi connectivity index (χ0) is 12.3. The highest BCUT2D eigenvalue weighted by Crippen LogP contribution is 2.25. The second-order valence-corrected chi connectivity index (χ2v) is 3.87. The Morgan fingerprint density at radius 2 is 1.82 bits per heavy atom. The van der Waals surface area contributed by atoms with Crippen molar-refractivity contribution in [3.63, 3.8) is 0 Å². The molecule has 0 unspecified atom stereocenters. The Kier molecular flexibility index (Phi) is 3.40. The van der Waals surface area contributed by atoms with Crippen molar-refractivity contribution in [2.75, 3.05) is 0 Å². The lowest BCUT2D eigenvalue weighted by atomic mass is 10.2. The zero-order valence-electron chi connectivity index (χ0n) is 8.90. The summed E-state index contributed by atoms with van der Waals surface area (Å²) in [5, 5.41) is 0.366. The summed E-state index contributed by atoms with van der Waals surface area (Å²) in [6, 6.07) is 13.2. The van der Waals surface area contributed by atoms with Crippen LogP contribution in [0.4, 0.5) is 10.1 Å². The molecule has 4 heteroatoms. The van der Waals surface area contributed by atoms with Gasteiger partial charge in [0.1, 0.15) is 11.7 Å². The van der Waals surface area contributed by atoms with Gasteiger partial charge in [-0.05, 0) is 12.1 Å². The fourth-order valence-corrected chi connectivity index (χ4v) is 1.53. The first kappa shape index (κ1) is 11.6. The smallest absolute Gasteiger partial charge is 0.131 e. The Balaban J connectivity index is 2.39. The largest absolute Gasteiger partial charge is 0.383 e. The molecule has 0 saturated heterocycles. The van der Waals surface area contributed by atoms with Gasteiger partial charge in [-0.3, -0.25) is 0 Å². The molecular weight excluding hydrogens is 239 g/mol. The van der Waals surface area contributed by atoms with Crippen molar-refractivity contribution in [2.45, 2.75) is 0 Å². The Labute approximate surface area is 104 Å². The minimum absolute atomic E-state index is 0.304. The van der Waals surface area contributed by atoms with Crippen LogP contribution >= 0.6 is 11.6 Å². The number of nitrogens with two attached hydrogens (primary N) is 1. The summed E-state index contributed by atoms with van der Waals surface area (Å²) in [7, 11) is 0. The van der Waals surface area contributed by atoms with Gasteiger partial charge in [0.05, 0.1) is 10.7 Å². The van der Waals surface area contributed by atoms with Gasteiger partial charge in [0.15, 0.2) is 0 Å². The fraction of sp³-hybridized carbons (Fsp3) is 0. The van der Waals surface area contributed by atoms with Crippen LogP contribution in [-0.2, 0) is 0 Å². The maximum Gasteiger partial charge on any atom is 0.131 e. The normalized spacial score (nSPS) is 11.5. The van der Waals surface area contributed by atoms with E-state index in [4.69, 9.17) is 17.3 Å². The van der Waals surface area contributed by atoms with E-state index >= 15 is 0 Å². The van der Waals surface area contributed by atoms with Crippen molar-refractivity contribution in [3.05, 3.63) is 64.9 Å². The van der Waals surface area contributed by atoms with Crippen LogP contribution in [0.2, 0.25) is 5.02 Å². The van der Waals surface area contributed by atoms with Gasteiger partial charge in [-0.15, -0.1) is 0 Å². The molecule has 86 valence electrons. The Hall–Kier alpha value is -1.87. The first-order chi connectivity index (χ1) is 8.16. The molecule has 0 saturated carbocycles. The molecule has 0 spiro atoms. The summed E-state index contributed by atoms with van der Waals surface area (Å²) in [4.78, 5) is 4.11. The third-order valence-corrected chi connectivity index (χ3v) is 2.54. The predicted molar refractivity (Wildman–Crippen MR) is 68.2 cm³/mol. The Morgan fingerprint density at radius 3 is 2.53 bits per heavy atom. The molecule has 17 heavy (non-hydrogen) atoms. The van der Waals surface area contributed by atoms with E-state index in [0.29, 0.717) is 16.5 Å². The highest BCUT2D eigenvalue weighted by molar-refractivity contribution is 6.33. The van der Waals surface area contributed by atoms with E-state index < -0.39 is 5.82 Å². The third kappa shape index (κ3) is 2.82. The van der Waals surface area contributed by atoms with Crippen molar-refractivity contribution in [2.24, 2.45) is 10.7 Å². The molecule has 0 aliphatic heterocycles. The Bertz CT molecular complexity index is 553. The molecule has 0 aliphatic carbocycles. The van der Waals surface area contributed by atoms with Crippen molar-refractivity contribution in [1.29, 1.82) is 0 Å². The monoisotopic (exact) mass is 248 g/mol. The number of hydrogen-bond donors (Lipinski definition) is 1. The SMILES string of the molecule is NC(=Nc1cc(F)ccc1Cl)c1ccccc1. The van der Waals surface area contributed by atoms with E-state index in [9.17, 15) is 4.39 Å². The molecule has 0 aromatic heterocycles. The molecule has 2 nitrogen and oxygen atoms in total. The van der Waals surface area contributed by atoms with Crippen molar-refractivity contribution < 1.29 is 4.39 Å². The summed E-state index contributed by atoms with van der Waals surface area (Å²) in [6.45, 7) is 0. The van der Waals surface area contributed by atoms with Gasteiger partial charge in [-0.2, -0.15) is 0 Å². The average Bonchev–Trinajstić information content (AvgIpc) is 2.35. The molecule has 0 atom stereocenters. The highest BCUT2D eigenvalue weighted by atomic mass is 35.5. The molecule has 2 rings (SSSR count). The van der Waals surface area contributed by atoms with Gasteiger partial charge < -0.3 is 5.73 Å². The van der Waals surface area contributed by atoms with Crippen LogP contribution in [0.3, 0.4) is 0 Å². The summed E-state index contributed by atoms with van der Waals surface area (Å²) in [5.74, 6) is -0.0906. The summed E-state index contributed by atoms with van der Waals surface area (Å²) in [5.41, 5.74) is 6.91. The van der Waals surface area contributed by atoms with Crippen molar-refractivity contribution in [3.8, 4) is 0 Å². The molecule has 0 radical (unpaired) electrons. The van der Waals surface area contributed by atoms with Gasteiger partial charge in [-0.25, -0.2) is 9.38 Å². The lowest BCUT2D eigenvalue weighted by Crippen LogP contribution is -2.12. The number of nitrogens with zero attached hydrogens (tertiary/aromatic N) is 1. The summed E-state index contributed by atoms with van der Waals surface area (Å²) >= 11 is 5.90. The first-order valence-corrected chi connectivity index (χ1v) is 5.39. The topological polar surface area (TPSA) is 38.4 Å². The lowest BCUT2D eigenvalue weighted by molar-refractivity contribution is 0.628. The number of hydrogen-bond acceptors (Lipinski definition) is 1. The molecule has 0 fully saturated rings. The van der Waals surface area contributed by atoms with E-state index in [1.807, 2.05) is 30.3 Å². The fourth-order valence-electron chi connectivity index (χ4n) is 1.37. The van der Waals surface area contributed by atoms with Gasteiger partial charge in [0, 0.05) is 11.6 Å². The molecule has 0 aliphatic rings. The first-order valence-electron chi connectivity index (χ1n) is 5.01. The van der Waals surface area contributed by atoms with E-state index in [-0.39, 0.29) is 0 Å². The van der Waals surface area contributed by atoms with Crippen LogP contribution in [0, 0.1) is 5.82 Å². The highest BCUT2D eigenvalue weighted by Gasteiger charge is 2.03. The summed E-state index contributed by atoms with van der Waals surface area (Å²) < 4.78 is 13.0. The quantitative estimate of drug-likeness (QED) is 0.641. The van der Waals surface area contributed by atoms with Crippen LogP contribution < -0.4 is 5.73 Å². The Morgan fingerprint density at radius 1 is 1.12 bits per heavy atom. The number of aliphatic imine (C=N–C) groups is 1. The number of rotatable bonds is 2. The van der Waals surface area contributed by atoms with Crippen LogP contribution in [0.5, 0.6) is 0 Å². The van der Waals surface area contributed by atoms with E-state index in [1.165, 1.54) is 18.2 Å². The number of halogens is 2. The van der Waals surface area contributed by atoms with Crippen LogP contribution in [-0.4, -0.2) is 5.84 Å². The molecule has 0 amide bonds. The van der Waals surface area contributed by atoms with Crippen LogP contribution in [0.25, 0.3) is 0 Å². The van der Waals surface area contributed by atoms with Gasteiger partial charge in [0.2, 0.25) is 0 Å². The number of amidine groups is 1. The second kappa shape index (κ2) is 4.97. The standard InChI is InChI=1S/C13H10ClFN2/c14-11-7-6-10(15)8-12(11)17-13(16)9-4-2-1-3-5-9/h1-8H,(H2,16,17). The van der Waals surface area contributed by atoms with E-state index in [2.05, 4.69) is 4.99 Å². The number of benzene rings is 2. The molecular formula is C13H10ClFN2. The van der Waals surface area contributed by atoms with E-state index in [1.54, 1.807) is 0 Å². The summed E-state index contributed by atoms with van der Waals surface area (Å²) in [6.07, 6.45) is 0. The maximum atomic E-state index is 13.0. The molecule has 0 heterocycles. The third-order valence-electron chi connectivity index (χ3n) is 2.22.